The van der Waals surface area contributed by atoms with Crippen molar-refractivity contribution >= 4 is 11.7 Å². The van der Waals surface area contributed by atoms with Crippen molar-refractivity contribution in [2.75, 3.05) is 12.4 Å². The molecule has 0 saturated carbocycles. The molecule has 0 aliphatic rings. The number of anilines is 1. The summed E-state index contributed by atoms with van der Waals surface area (Å²) in [5.74, 6) is -0.542. The lowest BCUT2D eigenvalue weighted by atomic mass is 9.91. The number of nitrogens with one attached hydrogen (secondary N) is 1. The van der Waals surface area contributed by atoms with Crippen LogP contribution in [0.3, 0.4) is 0 Å². The van der Waals surface area contributed by atoms with Crippen LogP contribution < -0.4 is 5.32 Å². The molecule has 2 rings (SSSR count). The summed E-state index contributed by atoms with van der Waals surface area (Å²) in [7, 11) is 1.38. The zero-order chi connectivity index (χ0) is 16.1. The predicted octanol–water partition coefficient (Wildman–Crippen LogP) is 3.66. The number of methoxy groups -OCH3 is 1. The first-order valence-electron chi connectivity index (χ1n) is 7.22. The van der Waals surface area contributed by atoms with Crippen molar-refractivity contribution in [2.24, 2.45) is 5.92 Å². The maximum absolute atomic E-state index is 12.0. The number of para-hydroxylation sites is 2. The number of phenolic OH excluding ortho intramolecular Hbond substituents is 1. The molecule has 2 N–H and O–H groups in total. The third-order valence-electron chi connectivity index (χ3n) is 3.81. The molecule has 0 saturated heterocycles. The van der Waals surface area contributed by atoms with Crippen LogP contribution in [0.1, 0.15) is 24.1 Å². The van der Waals surface area contributed by atoms with Gasteiger partial charge in [0, 0.05) is 0 Å². The number of rotatable bonds is 5. The Morgan fingerprint density at radius 2 is 1.77 bits per heavy atom. The fourth-order valence-corrected chi connectivity index (χ4v) is 2.49. The van der Waals surface area contributed by atoms with Crippen LogP contribution in [0.15, 0.2) is 48.5 Å². The van der Waals surface area contributed by atoms with Gasteiger partial charge in [-0.3, -0.25) is 4.79 Å². The topological polar surface area (TPSA) is 58.6 Å². The smallest absolute Gasteiger partial charge is 0.310 e. The third-order valence-corrected chi connectivity index (χ3v) is 3.81. The molecule has 22 heavy (non-hydrogen) atoms. The van der Waals surface area contributed by atoms with E-state index in [4.69, 9.17) is 4.74 Å². The molecule has 0 bridgehead atoms. The van der Waals surface area contributed by atoms with Gasteiger partial charge < -0.3 is 15.2 Å². The molecule has 1 unspecified atom stereocenters. The number of aromatic hydroxyl groups is 1. The molecule has 0 heterocycles. The van der Waals surface area contributed by atoms with E-state index in [-0.39, 0.29) is 17.8 Å². The van der Waals surface area contributed by atoms with Crippen molar-refractivity contribution in [1.29, 1.82) is 0 Å². The van der Waals surface area contributed by atoms with Crippen LogP contribution in [-0.2, 0) is 9.53 Å². The Kier molecular flexibility index (Phi) is 5.04. The second-order valence-corrected chi connectivity index (χ2v) is 5.31. The van der Waals surface area contributed by atoms with Gasteiger partial charge in [-0.15, -0.1) is 0 Å². The van der Waals surface area contributed by atoms with Crippen LogP contribution in [-0.4, -0.2) is 18.2 Å². The number of esters is 1. The number of aryl methyl sites for hydroxylation is 1. The van der Waals surface area contributed by atoms with E-state index in [2.05, 4.69) is 5.32 Å². The van der Waals surface area contributed by atoms with Crippen LogP contribution in [0.4, 0.5) is 5.69 Å². The Balaban J connectivity index is 2.40. The molecule has 116 valence electrons. The van der Waals surface area contributed by atoms with Crippen molar-refractivity contribution < 1.29 is 14.6 Å². The average molecular weight is 299 g/mol. The van der Waals surface area contributed by atoms with Gasteiger partial charge in [0.2, 0.25) is 0 Å². The first kappa shape index (κ1) is 15.9. The summed E-state index contributed by atoms with van der Waals surface area (Å²) < 4.78 is 4.88. The predicted molar refractivity (Wildman–Crippen MR) is 86.8 cm³/mol. The molecule has 2 atom stereocenters. The van der Waals surface area contributed by atoms with Gasteiger partial charge in [0.05, 0.1) is 24.8 Å². The van der Waals surface area contributed by atoms with E-state index in [1.807, 2.05) is 44.2 Å². The fraction of sp³-hybridized carbons (Fsp3) is 0.278. The molecule has 2 aromatic carbocycles. The first-order valence-corrected chi connectivity index (χ1v) is 7.22. The molecule has 0 aliphatic carbocycles. The van der Waals surface area contributed by atoms with E-state index < -0.39 is 5.92 Å². The Morgan fingerprint density at radius 3 is 2.41 bits per heavy atom. The minimum Gasteiger partial charge on any atom is -0.506 e. The Bertz CT molecular complexity index is 654. The van der Waals surface area contributed by atoms with Crippen LogP contribution in [0.5, 0.6) is 5.75 Å². The minimum absolute atomic E-state index is 0.151. The van der Waals surface area contributed by atoms with Crippen molar-refractivity contribution in [3.8, 4) is 5.75 Å². The van der Waals surface area contributed by atoms with Crippen molar-refractivity contribution in [2.45, 2.75) is 19.9 Å². The number of phenols is 1. The molecule has 0 fully saturated rings. The maximum Gasteiger partial charge on any atom is 0.310 e. The van der Waals surface area contributed by atoms with Gasteiger partial charge in [0.1, 0.15) is 5.75 Å². The maximum atomic E-state index is 12.0. The van der Waals surface area contributed by atoms with Gasteiger partial charge in [0.15, 0.2) is 0 Å². The van der Waals surface area contributed by atoms with Crippen molar-refractivity contribution in [3.05, 3.63) is 59.7 Å². The van der Waals surface area contributed by atoms with Gasteiger partial charge in [0.25, 0.3) is 0 Å². The van der Waals surface area contributed by atoms with Gasteiger partial charge in [-0.05, 0) is 37.1 Å². The summed E-state index contributed by atoms with van der Waals surface area (Å²) in [5.41, 5.74) is 2.67. The molecule has 0 spiro atoms. The molecule has 0 aliphatic heterocycles. The van der Waals surface area contributed by atoms with Crippen LogP contribution >= 0.6 is 0 Å². The highest BCUT2D eigenvalue weighted by atomic mass is 16.5. The molecular weight excluding hydrogens is 278 g/mol. The standard InChI is InChI=1S/C18H21NO3/c1-12-8-4-5-9-14(12)17(13(2)18(21)22-3)19-15-10-6-7-11-16(15)20/h4-11,13,17,19-20H,1-3H3/t13?,17-/m0/s1. The lowest BCUT2D eigenvalue weighted by Gasteiger charge is -2.26. The van der Waals surface area contributed by atoms with E-state index in [0.29, 0.717) is 5.69 Å². The lowest BCUT2D eigenvalue weighted by Crippen LogP contribution is -2.27. The SMILES string of the molecule is COC(=O)C(C)[C@H](Nc1ccccc1O)c1ccccc1C. The zero-order valence-corrected chi connectivity index (χ0v) is 13.0. The van der Waals surface area contributed by atoms with Gasteiger partial charge >= 0.3 is 5.97 Å². The highest BCUT2D eigenvalue weighted by Gasteiger charge is 2.27. The van der Waals surface area contributed by atoms with E-state index in [9.17, 15) is 9.90 Å². The summed E-state index contributed by atoms with van der Waals surface area (Å²) in [5, 5.41) is 13.2. The van der Waals surface area contributed by atoms with Crippen molar-refractivity contribution in [1.82, 2.24) is 0 Å². The summed E-state index contributed by atoms with van der Waals surface area (Å²) in [6.07, 6.45) is 0. The fourth-order valence-electron chi connectivity index (χ4n) is 2.49. The molecule has 4 nitrogen and oxygen atoms in total. The van der Waals surface area contributed by atoms with E-state index in [1.54, 1.807) is 18.2 Å². The molecule has 4 heteroatoms. The Morgan fingerprint density at radius 1 is 1.14 bits per heavy atom. The molecule has 0 amide bonds. The second kappa shape index (κ2) is 6.98. The van der Waals surface area contributed by atoms with E-state index in [0.717, 1.165) is 11.1 Å². The van der Waals surface area contributed by atoms with Crippen LogP contribution in [0.25, 0.3) is 0 Å². The summed E-state index contributed by atoms with van der Waals surface area (Å²) >= 11 is 0. The quantitative estimate of drug-likeness (QED) is 0.653. The first-order chi connectivity index (χ1) is 10.5. The monoisotopic (exact) mass is 299 g/mol. The van der Waals surface area contributed by atoms with E-state index >= 15 is 0 Å². The third kappa shape index (κ3) is 3.39. The zero-order valence-electron chi connectivity index (χ0n) is 13.0. The summed E-state index contributed by atoms with van der Waals surface area (Å²) in [6.45, 7) is 3.81. The molecule has 0 radical (unpaired) electrons. The molecule has 2 aromatic rings. The molecule has 0 aromatic heterocycles. The average Bonchev–Trinajstić information content (AvgIpc) is 2.53. The van der Waals surface area contributed by atoms with E-state index in [1.165, 1.54) is 7.11 Å². The number of ether oxygens (including phenoxy) is 1. The van der Waals surface area contributed by atoms with Crippen molar-refractivity contribution in [3.63, 3.8) is 0 Å². The van der Waals surface area contributed by atoms with Crippen LogP contribution in [0.2, 0.25) is 0 Å². The second-order valence-electron chi connectivity index (χ2n) is 5.31. The number of carbonyl (C=O) groups excluding carboxylic acids is 1. The van der Waals surface area contributed by atoms with Gasteiger partial charge in [-0.2, -0.15) is 0 Å². The Labute approximate surface area is 130 Å². The van der Waals surface area contributed by atoms with Crippen LogP contribution in [0, 0.1) is 12.8 Å². The number of hydrogen-bond acceptors (Lipinski definition) is 4. The summed E-state index contributed by atoms with van der Waals surface area (Å²) in [6, 6.07) is 14.6. The minimum atomic E-state index is -0.397. The van der Waals surface area contributed by atoms with Gasteiger partial charge in [-0.25, -0.2) is 0 Å². The number of benzene rings is 2. The highest BCUT2D eigenvalue weighted by Crippen LogP contribution is 2.33. The lowest BCUT2D eigenvalue weighted by molar-refractivity contribution is -0.145. The largest absolute Gasteiger partial charge is 0.506 e. The summed E-state index contributed by atoms with van der Waals surface area (Å²) in [4.78, 5) is 12.0. The Hall–Kier alpha value is -2.49. The normalized spacial score (nSPS) is 13.2. The number of carbonyl (C=O) groups is 1. The highest BCUT2D eigenvalue weighted by molar-refractivity contribution is 5.74. The number of hydrogen-bond donors (Lipinski definition) is 2. The molecular formula is C18H21NO3. The van der Waals surface area contributed by atoms with Gasteiger partial charge in [-0.1, -0.05) is 36.4 Å².